The van der Waals surface area contributed by atoms with E-state index in [1.165, 1.54) is 24.5 Å². The van der Waals surface area contributed by atoms with Gasteiger partial charge < -0.3 is 0 Å². The largest absolute Gasteiger partial charge is 0.417 e. The van der Waals surface area contributed by atoms with Crippen molar-refractivity contribution in [3.8, 4) is 0 Å². The molecule has 0 aliphatic heterocycles. The summed E-state index contributed by atoms with van der Waals surface area (Å²) >= 11 is 0. The van der Waals surface area contributed by atoms with Crippen molar-refractivity contribution in [3.05, 3.63) is 41.7 Å². The Balaban J connectivity index is 2.84. The van der Waals surface area contributed by atoms with Gasteiger partial charge in [-0.25, -0.2) is 4.42 Å². The molecule has 0 fully saturated rings. The summed E-state index contributed by atoms with van der Waals surface area (Å²) in [6.07, 6.45) is -2.97. The van der Waals surface area contributed by atoms with Gasteiger partial charge >= 0.3 is 18.0 Å². The number of benzene rings is 1. The van der Waals surface area contributed by atoms with Crippen LogP contribution in [0.2, 0.25) is 0 Å². The summed E-state index contributed by atoms with van der Waals surface area (Å²) in [6, 6.07) is 5.35. The van der Waals surface area contributed by atoms with Gasteiger partial charge in [0.2, 0.25) is 0 Å². The second-order valence-corrected chi connectivity index (χ2v) is 3.28. The Bertz CT molecular complexity index is 503. The molecule has 2 rings (SSSR count). The molecule has 4 heteroatoms. The highest BCUT2D eigenvalue weighted by Crippen LogP contribution is 2.35. The molecule has 1 nitrogen and oxygen atoms in total. The fourth-order valence-electron chi connectivity index (χ4n) is 1.52. The molecule has 2 aromatic rings. The van der Waals surface area contributed by atoms with Crippen LogP contribution in [0.4, 0.5) is 13.2 Å². The van der Waals surface area contributed by atoms with E-state index in [1.54, 1.807) is 6.92 Å². The molecule has 0 unspecified atom stereocenters. The van der Waals surface area contributed by atoms with Crippen molar-refractivity contribution in [1.82, 2.24) is 0 Å². The molecule has 1 aromatic carbocycles. The van der Waals surface area contributed by atoms with Crippen LogP contribution >= 0.6 is 0 Å². The normalized spacial score (nSPS) is 12.0. The number of hydrogen-bond acceptors (Lipinski definition) is 0. The van der Waals surface area contributed by atoms with Crippen LogP contribution in [0.15, 0.2) is 34.9 Å². The summed E-state index contributed by atoms with van der Waals surface area (Å²) in [5.74, 6) is 0. The smallest absolute Gasteiger partial charge is 0.215 e. The maximum atomic E-state index is 12.6. The predicted molar refractivity (Wildman–Crippen MR) is 50.4 cm³/mol. The van der Waals surface area contributed by atoms with Gasteiger partial charge in [0.05, 0.1) is 16.5 Å². The van der Waals surface area contributed by atoms with Crippen molar-refractivity contribution < 1.29 is 17.6 Å². The molecule has 0 aliphatic carbocycles. The molecule has 0 saturated carbocycles. The Hall–Kier alpha value is -1.58. The van der Waals surface area contributed by atoms with E-state index >= 15 is 0 Å². The second-order valence-electron chi connectivity index (χ2n) is 3.28. The average Bonchev–Trinajstić information content (AvgIpc) is 2.17. The van der Waals surface area contributed by atoms with E-state index in [4.69, 9.17) is 4.42 Å². The number of hydrogen-bond donors (Lipinski definition) is 0. The van der Waals surface area contributed by atoms with Crippen LogP contribution in [-0.2, 0) is 6.18 Å². The first-order valence-corrected chi connectivity index (χ1v) is 4.37. The monoisotopic (exact) mass is 213 g/mol. The predicted octanol–water partition coefficient (Wildman–Crippen LogP) is 4.04. The molecule has 78 valence electrons. The molecule has 0 bridgehead atoms. The van der Waals surface area contributed by atoms with Crippen LogP contribution in [0.3, 0.4) is 0 Å². The van der Waals surface area contributed by atoms with Crippen LogP contribution in [0.25, 0.3) is 11.0 Å². The van der Waals surface area contributed by atoms with E-state index in [9.17, 15) is 13.2 Å². The fourth-order valence-corrected chi connectivity index (χ4v) is 1.52. The van der Waals surface area contributed by atoms with Crippen LogP contribution in [0.1, 0.15) is 11.1 Å². The summed E-state index contributed by atoms with van der Waals surface area (Å²) in [5, 5.41) is 0.102. The van der Waals surface area contributed by atoms with Gasteiger partial charge in [0.15, 0.2) is 0 Å². The summed E-state index contributed by atoms with van der Waals surface area (Å²) < 4.78 is 42.9. The van der Waals surface area contributed by atoms with E-state index in [2.05, 4.69) is 0 Å². The Kier molecular flexibility index (Phi) is 2.14. The van der Waals surface area contributed by atoms with Crippen molar-refractivity contribution in [2.75, 3.05) is 0 Å². The first-order valence-electron chi connectivity index (χ1n) is 4.37. The van der Waals surface area contributed by atoms with Crippen LogP contribution in [0, 0.1) is 6.92 Å². The molecule has 0 amide bonds. The van der Waals surface area contributed by atoms with Crippen molar-refractivity contribution in [2.45, 2.75) is 13.1 Å². The van der Waals surface area contributed by atoms with Gasteiger partial charge in [-0.05, 0) is 25.1 Å². The zero-order valence-corrected chi connectivity index (χ0v) is 7.93. The standard InChI is InChI=1S/C11H8F3O/c1-7-4-5-9(11(12,13)14)8-3-2-6-15-10(7)8/h2-6H,1H3/q+1. The number of halogens is 3. The minimum atomic E-state index is -4.34. The fraction of sp³-hybridized carbons (Fsp3) is 0.182. The maximum absolute atomic E-state index is 12.6. The Labute approximate surface area is 84.1 Å². The van der Waals surface area contributed by atoms with Crippen LogP contribution < -0.4 is 0 Å². The zero-order valence-electron chi connectivity index (χ0n) is 7.93. The quantitative estimate of drug-likeness (QED) is 0.601. The lowest BCUT2D eigenvalue weighted by atomic mass is 10.1. The minimum absolute atomic E-state index is 0.102. The van der Waals surface area contributed by atoms with E-state index in [1.807, 2.05) is 0 Å². The summed E-state index contributed by atoms with van der Waals surface area (Å²) in [4.78, 5) is 0. The highest BCUT2D eigenvalue weighted by Gasteiger charge is 2.34. The minimum Gasteiger partial charge on any atom is -0.215 e. The molecular weight excluding hydrogens is 205 g/mol. The van der Waals surface area contributed by atoms with Gasteiger partial charge in [-0.3, -0.25) is 0 Å². The van der Waals surface area contributed by atoms with Crippen molar-refractivity contribution in [2.24, 2.45) is 0 Å². The molecule has 15 heavy (non-hydrogen) atoms. The summed E-state index contributed by atoms with van der Waals surface area (Å²) in [5.41, 5.74) is 0.318. The van der Waals surface area contributed by atoms with Crippen molar-refractivity contribution in [1.29, 1.82) is 0 Å². The van der Waals surface area contributed by atoms with Gasteiger partial charge in [0.25, 0.3) is 0 Å². The molecule has 1 aromatic heterocycles. The molecule has 0 radical (unpaired) electrons. The molecule has 0 aliphatic rings. The average molecular weight is 213 g/mol. The second kappa shape index (κ2) is 3.22. The Morgan fingerprint density at radius 2 is 1.87 bits per heavy atom. The van der Waals surface area contributed by atoms with Crippen molar-refractivity contribution in [3.63, 3.8) is 0 Å². The van der Waals surface area contributed by atoms with Gasteiger partial charge in [0.1, 0.15) is 0 Å². The van der Waals surface area contributed by atoms with Gasteiger partial charge in [0, 0.05) is 6.07 Å². The third-order valence-corrected chi connectivity index (χ3v) is 2.23. The first kappa shape index (κ1) is 9.96. The van der Waals surface area contributed by atoms with E-state index in [0.717, 1.165) is 6.07 Å². The molecular formula is C11H8F3O+. The number of fused-ring (bicyclic) bond motifs is 1. The number of aryl methyl sites for hydroxylation is 1. The molecule has 0 saturated heterocycles. The maximum Gasteiger partial charge on any atom is 0.417 e. The van der Waals surface area contributed by atoms with E-state index in [-0.39, 0.29) is 11.0 Å². The van der Waals surface area contributed by atoms with Gasteiger partial charge in [-0.1, -0.05) is 0 Å². The third-order valence-electron chi connectivity index (χ3n) is 2.23. The zero-order chi connectivity index (χ0) is 11.1. The van der Waals surface area contributed by atoms with Crippen LogP contribution in [-0.4, -0.2) is 0 Å². The molecule has 0 N–H and O–H groups in total. The highest BCUT2D eigenvalue weighted by molar-refractivity contribution is 5.83. The van der Waals surface area contributed by atoms with Crippen molar-refractivity contribution >= 4 is 11.0 Å². The Morgan fingerprint density at radius 1 is 1.13 bits per heavy atom. The highest BCUT2D eigenvalue weighted by atomic mass is 19.4. The van der Waals surface area contributed by atoms with E-state index < -0.39 is 11.7 Å². The summed E-state index contributed by atoms with van der Waals surface area (Å²) in [7, 11) is 0. The van der Waals surface area contributed by atoms with Crippen LogP contribution in [0.5, 0.6) is 0 Å². The third kappa shape index (κ3) is 1.67. The molecule has 0 spiro atoms. The molecule has 0 atom stereocenters. The summed E-state index contributed by atoms with van der Waals surface area (Å²) in [6.45, 7) is 1.71. The lowest BCUT2D eigenvalue weighted by Gasteiger charge is -2.07. The SMILES string of the molecule is Cc1ccc(C(F)(F)F)c2ccc[o+]c12. The number of rotatable bonds is 0. The lowest BCUT2D eigenvalue weighted by molar-refractivity contribution is -0.136. The molecule has 1 heterocycles. The van der Waals surface area contributed by atoms with E-state index in [0.29, 0.717) is 5.56 Å². The number of alkyl halides is 3. The van der Waals surface area contributed by atoms with Gasteiger partial charge in [-0.15, -0.1) is 0 Å². The Morgan fingerprint density at radius 3 is 2.53 bits per heavy atom. The first-order chi connectivity index (χ1) is 7.00. The van der Waals surface area contributed by atoms with Gasteiger partial charge in [-0.2, -0.15) is 13.2 Å². The topological polar surface area (TPSA) is 11.3 Å². The lowest BCUT2D eigenvalue weighted by Crippen LogP contribution is -2.05.